The van der Waals surface area contributed by atoms with Crippen molar-refractivity contribution in [3.05, 3.63) is 71.9 Å². The predicted molar refractivity (Wildman–Crippen MR) is 144 cm³/mol. The predicted octanol–water partition coefficient (Wildman–Crippen LogP) is 2.45. The van der Waals surface area contributed by atoms with Crippen molar-refractivity contribution < 1.29 is 4.79 Å². The molecule has 10 heteroatoms. The number of rotatable bonds is 5. The Morgan fingerprint density at radius 3 is 2.54 bits per heavy atom. The van der Waals surface area contributed by atoms with Crippen molar-refractivity contribution in [3.8, 4) is 11.1 Å². The summed E-state index contributed by atoms with van der Waals surface area (Å²) in [6.07, 6.45) is 3.19. The van der Waals surface area contributed by atoms with Crippen molar-refractivity contribution in [3.63, 3.8) is 0 Å². The summed E-state index contributed by atoms with van der Waals surface area (Å²) in [6.45, 7) is 4.28. The molecule has 1 amide bonds. The Hall–Kier alpha value is -4.28. The van der Waals surface area contributed by atoms with E-state index in [1.165, 1.54) is 6.33 Å². The summed E-state index contributed by atoms with van der Waals surface area (Å²) in [7, 11) is 2.08. The van der Waals surface area contributed by atoms with Crippen molar-refractivity contribution in [2.75, 3.05) is 39.0 Å². The fraction of sp³-hybridized carbons (Fsp3) is 0.259. The van der Waals surface area contributed by atoms with Gasteiger partial charge in [0.15, 0.2) is 11.5 Å². The number of benzene rings is 2. The lowest BCUT2D eigenvalue weighted by atomic mass is 9.99. The van der Waals surface area contributed by atoms with E-state index < -0.39 is 0 Å². The van der Waals surface area contributed by atoms with Crippen molar-refractivity contribution in [2.24, 2.45) is 5.73 Å². The number of likely N-dealkylation sites (N-methyl/N-ethyl adjacent to an activating group) is 1. The molecule has 1 aliphatic heterocycles. The van der Waals surface area contributed by atoms with Crippen LogP contribution in [0.1, 0.15) is 21.6 Å². The zero-order valence-corrected chi connectivity index (χ0v) is 20.7. The van der Waals surface area contributed by atoms with Gasteiger partial charge in [-0.1, -0.05) is 12.1 Å². The summed E-state index contributed by atoms with van der Waals surface area (Å²) in [4.78, 5) is 33.5. The fourth-order valence-electron chi connectivity index (χ4n) is 4.97. The minimum absolute atomic E-state index is 0.0854. The number of aromatic nitrogens is 5. The maximum absolute atomic E-state index is 13.0. The van der Waals surface area contributed by atoms with E-state index in [-0.39, 0.29) is 5.91 Å². The van der Waals surface area contributed by atoms with E-state index in [9.17, 15) is 4.79 Å². The summed E-state index contributed by atoms with van der Waals surface area (Å²) in [5.41, 5.74) is 19.1. The SMILES string of the molecule is CN1CCN(C(=O)c2ccc(-c3cc(Cn4cnc5c(N)ncnc54)c4[nH]c(CN)cc4c3)cc2)CC1. The van der Waals surface area contributed by atoms with E-state index in [0.29, 0.717) is 35.6 Å². The molecule has 5 N–H and O–H groups in total. The first-order valence-corrected chi connectivity index (χ1v) is 12.3. The minimum Gasteiger partial charge on any atom is -0.382 e. The third-order valence-corrected chi connectivity index (χ3v) is 7.11. The van der Waals surface area contributed by atoms with E-state index in [1.807, 2.05) is 33.7 Å². The highest BCUT2D eigenvalue weighted by Gasteiger charge is 2.20. The van der Waals surface area contributed by atoms with E-state index >= 15 is 0 Å². The molecule has 2 aromatic carbocycles. The van der Waals surface area contributed by atoms with Gasteiger partial charge in [0.25, 0.3) is 5.91 Å². The average molecular weight is 496 g/mol. The Bertz CT molecular complexity index is 1590. The second-order valence-corrected chi connectivity index (χ2v) is 9.57. The number of piperazine rings is 1. The highest BCUT2D eigenvalue weighted by Crippen LogP contribution is 2.30. The van der Waals surface area contributed by atoms with Crippen LogP contribution in [0.2, 0.25) is 0 Å². The number of carbonyl (C=O) groups excluding carboxylic acids is 1. The number of nitrogen functional groups attached to an aromatic ring is 1. The lowest BCUT2D eigenvalue weighted by Gasteiger charge is -2.32. The molecule has 37 heavy (non-hydrogen) atoms. The van der Waals surface area contributed by atoms with Crippen LogP contribution in [-0.4, -0.2) is 73.4 Å². The van der Waals surface area contributed by atoms with Crippen molar-refractivity contribution in [2.45, 2.75) is 13.1 Å². The molecule has 0 atom stereocenters. The summed E-state index contributed by atoms with van der Waals surface area (Å²) in [5.74, 6) is 0.446. The summed E-state index contributed by atoms with van der Waals surface area (Å²) in [6, 6.07) is 14.3. The van der Waals surface area contributed by atoms with Crippen LogP contribution in [0, 0.1) is 0 Å². The molecule has 4 heterocycles. The maximum Gasteiger partial charge on any atom is 0.253 e. The smallest absolute Gasteiger partial charge is 0.253 e. The Morgan fingerprint density at radius 2 is 1.78 bits per heavy atom. The number of nitrogens with one attached hydrogen (secondary N) is 1. The minimum atomic E-state index is 0.0854. The van der Waals surface area contributed by atoms with Crippen LogP contribution in [0.25, 0.3) is 33.2 Å². The lowest BCUT2D eigenvalue weighted by molar-refractivity contribution is 0.0664. The first-order chi connectivity index (χ1) is 18.0. The second-order valence-electron chi connectivity index (χ2n) is 9.57. The van der Waals surface area contributed by atoms with Gasteiger partial charge in [-0.2, -0.15) is 0 Å². The number of hydrogen-bond donors (Lipinski definition) is 3. The molecule has 6 rings (SSSR count). The van der Waals surface area contributed by atoms with Crippen LogP contribution in [-0.2, 0) is 13.1 Å². The molecule has 0 aliphatic carbocycles. The van der Waals surface area contributed by atoms with Gasteiger partial charge in [-0.05, 0) is 54.1 Å². The number of nitrogens with zero attached hydrogens (tertiary/aromatic N) is 6. The zero-order valence-electron chi connectivity index (χ0n) is 20.7. The van der Waals surface area contributed by atoms with Gasteiger partial charge in [-0.15, -0.1) is 0 Å². The number of hydrogen-bond acceptors (Lipinski definition) is 7. The third-order valence-electron chi connectivity index (χ3n) is 7.11. The molecular formula is C27H29N9O. The van der Waals surface area contributed by atoms with Crippen LogP contribution in [0.4, 0.5) is 5.82 Å². The largest absolute Gasteiger partial charge is 0.382 e. The summed E-state index contributed by atoms with van der Waals surface area (Å²) >= 11 is 0. The Morgan fingerprint density at radius 1 is 1.00 bits per heavy atom. The molecule has 3 aromatic heterocycles. The monoisotopic (exact) mass is 495 g/mol. The molecule has 1 saturated heterocycles. The first kappa shape index (κ1) is 23.1. The van der Waals surface area contributed by atoms with Gasteiger partial charge in [-0.25, -0.2) is 15.0 Å². The van der Waals surface area contributed by atoms with Crippen LogP contribution in [0.5, 0.6) is 0 Å². The molecule has 188 valence electrons. The van der Waals surface area contributed by atoms with Crippen molar-refractivity contribution >= 4 is 33.8 Å². The van der Waals surface area contributed by atoms with Gasteiger partial charge in [0.2, 0.25) is 0 Å². The fourth-order valence-corrected chi connectivity index (χ4v) is 4.97. The standard InChI is InChI=1S/C27H29N9O/c1-34-6-8-35(9-7-34)27(37)18-4-2-17(3-5-18)19-10-20-12-22(13-28)33-23(20)21(11-19)14-36-16-32-24-25(29)30-15-31-26(24)36/h2-5,10-12,15-16,33H,6-9,13-14,28H2,1H3,(H2,29,30,31). The molecule has 1 fully saturated rings. The summed E-state index contributed by atoms with van der Waals surface area (Å²) < 4.78 is 1.96. The zero-order chi connectivity index (χ0) is 25.5. The normalized spacial score (nSPS) is 14.6. The van der Waals surface area contributed by atoms with Gasteiger partial charge >= 0.3 is 0 Å². The quantitative estimate of drug-likeness (QED) is 0.341. The summed E-state index contributed by atoms with van der Waals surface area (Å²) in [5, 5.41) is 1.07. The van der Waals surface area contributed by atoms with Gasteiger partial charge in [0.1, 0.15) is 11.8 Å². The van der Waals surface area contributed by atoms with Crippen molar-refractivity contribution in [1.29, 1.82) is 0 Å². The molecule has 5 aromatic rings. The van der Waals surface area contributed by atoms with Crippen LogP contribution < -0.4 is 11.5 Å². The van der Waals surface area contributed by atoms with Gasteiger partial charge < -0.3 is 30.8 Å². The van der Waals surface area contributed by atoms with Gasteiger partial charge in [-0.3, -0.25) is 4.79 Å². The number of H-pyrrole nitrogens is 1. The average Bonchev–Trinajstić information content (AvgIpc) is 3.54. The number of anilines is 1. The second kappa shape index (κ2) is 9.30. The lowest BCUT2D eigenvalue weighted by Crippen LogP contribution is -2.47. The van der Waals surface area contributed by atoms with E-state index in [2.05, 4.69) is 50.1 Å². The number of amides is 1. The first-order valence-electron chi connectivity index (χ1n) is 12.3. The van der Waals surface area contributed by atoms with E-state index in [0.717, 1.165) is 59.5 Å². The molecule has 0 radical (unpaired) electrons. The Labute approximate surface area is 213 Å². The Kier molecular flexibility index (Phi) is 5.82. The number of aromatic amines is 1. The third kappa shape index (κ3) is 4.30. The molecule has 0 spiro atoms. The maximum atomic E-state index is 13.0. The molecule has 0 unspecified atom stereocenters. The van der Waals surface area contributed by atoms with Crippen molar-refractivity contribution in [1.82, 2.24) is 34.3 Å². The topological polar surface area (TPSA) is 135 Å². The number of imidazole rings is 1. The molecule has 0 saturated carbocycles. The number of nitrogens with two attached hydrogens (primary N) is 2. The van der Waals surface area contributed by atoms with Crippen LogP contribution in [0.3, 0.4) is 0 Å². The number of carbonyl (C=O) groups is 1. The molecule has 1 aliphatic rings. The van der Waals surface area contributed by atoms with Crippen LogP contribution >= 0.6 is 0 Å². The molecule has 10 nitrogen and oxygen atoms in total. The number of fused-ring (bicyclic) bond motifs is 2. The molecular weight excluding hydrogens is 466 g/mol. The van der Waals surface area contributed by atoms with Crippen LogP contribution in [0.15, 0.2) is 55.1 Å². The van der Waals surface area contributed by atoms with E-state index in [4.69, 9.17) is 11.5 Å². The van der Waals surface area contributed by atoms with E-state index in [1.54, 1.807) is 6.33 Å². The van der Waals surface area contributed by atoms with Gasteiger partial charge in [0, 0.05) is 49.4 Å². The highest BCUT2D eigenvalue weighted by atomic mass is 16.2. The van der Waals surface area contributed by atoms with Gasteiger partial charge in [0.05, 0.1) is 18.4 Å². The Balaban J connectivity index is 1.35. The highest BCUT2D eigenvalue weighted by molar-refractivity contribution is 5.95. The molecule has 0 bridgehead atoms.